The molecule has 0 amide bonds. The fourth-order valence-corrected chi connectivity index (χ4v) is 2.96. The number of aromatic nitrogens is 2. The molecule has 9 heteroatoms. The van der Waals surface area contributed by atoms with E-state index < -0.39 is 10.5 Å². The molecule has 0 unspecified atom stereocenters. The molecule has 2 aromatic heterocycles. The van der Waals surface area contributed by atoms with Crippen LogP contribution >= 0.6 is 11.6 Å². The van der Waals surface area contributed by atoms with Gasteiger partial charge in [-0.05, 0) is 24.3 Å². The minimum absolute atomic E-state index is 0.0787. The Kier molecular flexibility index (Phi) is 3.62. The normalized spacial score (nSPS) is 11.2. The lowest BCUT2D eigenvalue weighted by atomic mass is 10.2. The molecule has 0 aliphatic carbocycles. The Morgan fingerprint density at radius 3 is 2.77 bits per heavy atom. The Balaban J connectivity index is 1.98. The first-order chi connectivity index (χ1) is 12.5. The first-order valence-electron chi connectivity index (χ1n) is 7.43. The number of hydrogen-bond acceptors (Lipinski definition) is 6. The number of nitro groups is 1. The number of ether oxygens (including phenoxy) is 1. The van der Waals surface area contributed by atoms with Crippen LogP contribution in [-0.4, -0.2) is 22.0 Å². The van der Waals surface area contributed by atoms with Gasteiger partial charge in [0.1, 0.15) is 22.7 Å². The summed E-state index contributed by atoms with van der Waals surface area (Å²) in [6.07, 6.45) is 0. The molecule has 130 valence electrons. The standard InChI is InChI=1S/C17H10ClN3O5/c1-25-9-3-5-13-11(7-9)14-15(26-13)17(22)20-16(19-14)10-4-2-8(21(23)24)6-12(10)18/h2-7H,1H3,(H,19,20,22). The third-order valence-corrected chi connectivity index (χ3v) is 4.26. The van der Waals surface area contributed by atoms with Gasteiger partial charge in [-0.25, -0.2) is 4.98 Å². The molecule has 26 heavy (non-hydrogen) atoms. The molecule has 0 saturated heterocycles. The average molecular weight is 372 g/mol. The van der Waals surface area contributed by atoms with Gasteiger partial charge in [0.05, 0.1) is 22.4 Å². The zero-order valence-electron chi connectivity index (χ0n) is 13.3. The number of rotatable bonds is 3. The minimum atomic E-state index is -0.551. The zero-order valence-corrected chi connectivity index (χ0v) is 14.0. The topological polar surface area (TPSA) is 111 Å². The lowest BCUT2D eigenvalue weighted by Crippen LogP contribution is -2.08. The molecule has 0 aliphatic rings. The Bertz CT molecular complexity index is 1240. The van der Waals surface area contributed by atoms with Crippen LogP contribution in [0.3, 0.4) is 0 Å². The molecule has 2 aromatic carbocycles. The van der Waals surface area contributed by atoms with Crippen LogP contribution in [0.1, 0.15) is 0 Å². The van der Waals surface area contributed by atoms with Crippen molar-refractivity contribution in [3.8, 4) is 17.1 Å². The minimum Gasteiger partial charge on any atom is -0.497 e. The molecular formula is C17H10ClN3O5. The number of aromatic amines is 1. The summed E-state index contributed by atoms with van der Waals surface area (Å²) in [7, 11) is 1.53. The maximum absolute atomic E-state index is 12.4. The number of methoxy groups -OCH3 is 1. The maximum Gasteiger partial charge on any atom is 0.294 e. The van der Waals surface area contributed by atoms with E-state index >= 15 is 0 Å². The number of H-pyrrole nitrogens is 1. The molecule has 0 fully saturated rings. The van der Waals surface area contributed by atoms with E-state index in [-0.39, 0.29) is 22.1 Å². The second-order valence-electron chi connectivity index (χ2n) is 5.48. The Morgan fingerprint density at radius 2 is 2.08 bits per heavy atom. The van der Waals surface area contributed by atoms with Gasteiger partial charge in [0.15, 0.2) is 0 Å². The smallest absolute Gasteiger partial charge is 0.294 e. The first kappa shape index (κ1) is 16.1. The van der Waals surface area contributed by atoms with E-state index in [0.29, 0.717) is 27.8 Å². The summed E-state index contributed by atoms with van der Waals surface area (Å²) < 4.78 is 10.8. The molecule has 0 spiro atoms. The van der Waals surface area contributed by atoms with Gasteiger partial charge < -0.3 is 14.1 Å². The van der Waals surface area contributed by atoms with Gasteiger partial charge in [-0.15, -0.1) is 0 Å². The number of nitrogens with one attached hydrogen (secondary N) is 1. The SMILES string of the molecule is COc1ccc2oc3c(=O)[nH]c(-c4ccc([N+](=O)[O-])cc4Cl)nc3c2c1. The molecule has 4 aromatic rings. The lowest BCUT2D eigenvalue weighted by Gasteiger charge is -2.03. The quantitative estimate of drug-likeness (QED) is 0.431. The van der Waals surface area contributed by atoms with E-state index in [0.717, 1.165) is 0 Å². The molecule has 8 nitrogen and oxygen atoms in total. The summed E-state index contributed by atoms with van der Waals surface area (Å²) in [4.78, 5) is 29.8. The van der Waals surface area contributed by atoms with E-state index in [1.807, 2.05) is 0 Å². The summed E-state index contributed by atoms with van der Waals surface area (Å²) in [5.41, 5.74) is 0.664. The second kappa shape index (κ2) is 5.85. The molecule has 0 aliphatic heterocycles. The molecule has 0 radical (unpaired) electrons. The predicted molar refractivity (Wildman–Crippen MR) is 95.8 cm³/mol. The van der Waals surface area contributed by atoms with Crippen LogP contribution in [0.4, 0.5) is 5.69 Å². The molecular weight excluding hydrogens is 362 g/mol. The molecule has 0 atom stereocenters. The van der Waals surface area contributed by atoms with E-state index in [1.165, 1.54) is 25.3 Å². The molecule has 1 N–H and O–H groups in total. The average Bonchev–Trinajstić information content (AvgIpc) is 3.00. The van der Waals surface area contributed by atoms with Crippen LogP contribution in [0, 0.1) is 10.1 Å². The van der Waals surface area contributed by atoms with Crippen LogP contribution in [0.25, 0.3) is 33.5 Å². The van der Waals surface area contributed by atoms with Crippen molar-refractivity contribution in [1.29, 1.82) is 0 Å². The number of halogens is 1. The van der Waals surface area contributed by atoms with E-state index in [1.54, 1.807) is 18.2 Å². The van der Waals surface area contributed by atoms with Gasteiger partial charge in [0, 0.05) is 17.7 Å². The summed E-state index contributed by atoms with van der Waals surface area (Å²) in [5, 5.41) is 11.6. The Hall–Kier alpha value is -3.39. The van der Waals surface area contributed by atoms with Crippen molar-refractivity contribution >= 4 is 39.4 Å². The summed E-state index contributed by atoms with van der Waals surface area (Å²) >= 11 is 6.14. The highest BCUT2D eigenvalue weighted by molar-refractivity contribution is 6.33. The van der Waals surface area contributed by atoms with Gasteiger partial charge >= 0.3 is 0 Å². The van der Waals surface area contributed by atoms with Crippen molar-refractivity contribution in [1.82, 2.24) is 9.97 Å². The summed E-state index contributed by atoms with van der Waals surface area (Å²) in [6.45, 7) is 0. The van der Waals surface area contributed by atoms with Crippen molar-refractivity contribution in [3.05, 3.63) is 61.9 Å². The summed E-state index contributed by atoms with van der Waals surface area (Å²) in [5.74, 6) is 0.783. The largest absolute Gasteiger partial charge is 0.497 e. The third kappa shape index (κ3) is 2.47. The number of fused-ring (bicyclic) bond motifs is 3. The van der Waals surface area contributed by atoms with Gasteiger partial charge in [0.25, 0.3) is 11.2 Å². The number of non-ortho nitro benzene ring substituents is 1. The fourth-order valence-electron chi connectivity index (χ4n) is 2.70. The highest BCUT2D eigenvalue weighted by Crippen LogP contribution is 2.32. The van der Waals surface area contributed by atoms with Crippen LogP contribution < -0.4 is 10.3 Å². The predicted octanol–water partition coefficient (Wildman–Crippen LogP) is 3.91. The van der Waals surface area contributed by atoms with Crippen molar-refractivity contribution in [2.45, 2.75) is 0 Å². The van der Waals surface area contributed by atoms with Gasteiger partial charge in [-0.2, -0.15) is 0 Å². The second-order valence-corrected chi connectivity index (χ2v) is 5.88. The monoisotopic (exact) mass is 371 g/mol. The first-order valence-corrected chi connectivity index (χ1v) is 7.80. The van der Waals surface area contributed by atoms with Gasteiger partial charge in [0.2, 0.25) is 5.58 Å². The number of nitro benzene ring substituents is 1. The molecule has 4 rings (SSSR count). The summed E-state index contributed by atoms with van der Waals surface area (Å²) in [6, 6.07) is 9.06. The lowest BCUT2D eigenvalue weighted by molar-refractivity contribution is -0.384. The Morgan fingerprint density at radius 1 is 1.27 bits per heavy atom. The third-order valence-electron chi connectivity index (χ3n) is 3.95. The van der Waals surface area contributed by atoms with Gasteiger partial charge in [-0.3, -0.25) is 14.9 Å². The van der Waals surface area contributed by atoms with Crippen LogP contribution in [0.15, 0.2) is 45.6 Å². The van der Waals surface area contributed by atoms with Crippen LogP contribution in [0.5, 0.6) is 5.75 Å². The van der Waals surface area contributed by atoms with Crippen molar-refractivity contribution in [2.75, 3.05) is 7.11 Å². The number of hydrogen-bond donors (Lipinski definition) is 1. The van der Waals surface area contributed by atoms with Crippen molar-refractivity contribution in [2.24, 2.45) is 0 Å². The van der Waals surface area contributed by atoms with Gasteiger partial charge in [-0.1, -0.05) is 11.6 Å². The van der Waals surface area contributed by atoms with E-state index in [2.05, 4.69) is 9.97 Å². The molecule has 0 saturated carbocycles. The van der Waals surface area contributed by atoms with E-state index in [9.17, 15) is 14.9 Å². The number of nitrogens with zero attached hydrogens (tertiary/aromatic N) is 2. The van der Waals surface area contributed by atoms with E-state index in [4.69, 9.17) is 20.8 Å². The number of furan rings is 1. The maximum atomic E-state index is 12.4. The van der Waals surface area contributed by atoms with Crippen LogP contribution in [-0.2, 0) is 0 Å². The fraction of sp³-hybridized carbons (Fsp3) is 0.0588. The zero-order chi connectivity index (χ0) is 18.4. The number of benzene rings is 2. The van der Waals surface area contributed by atoms with Crippen LogP contribution in [0.2, 0.25) is 5.02 Å². The molecule has 2 heterocycles. The van der Waals surface area contributed by atoms with Crippen molar-refractivity contribution in [3.63, 3.8) is 0 Å². The van der Waals surface area contributed by atoms with Crippen molar-refractivity contribution < 1.29 is 14.1 Å². The Labute approximate surface area is 150 Å². The molecule has 0 bridgehead atoms. The highest BCUT2D eigenvalue weighted by atomic mass is 35.5. The highest BCUT2D eigenvalue weighted by Gasteiger charge is 2.17.